The number of benzene rings is 3. The van der Waals surface area contributed by atoms with E-state index in [0.29, 0.717) is 12.2 Å². The van der Waals surface area contributed by atoms with Crippen molar-refractivity contribution in [2.24, 2.45) is 0 Å². The van der Waals surface area contributed by atoms with E-state index >= 15 is 0 Å². The predicted molar refractivity (Wildman–Crippen MR) is 138 cm³/mol. The number of halogens is 1. The van der Waals surface area contributed by atoms with Gasteiger partial charge in [-0.25, -0.2) is 0 Å². The second-order valence-corrected chi connectivity index (χ2v) is 10.5. The summed E-state index contributed by atoms with van der Waals surface area (Å²) in [4.78, 5) is 13.2. The first-order chi connectivity index (χ1) is 16.0. The lowest BCUT2D eigenvalue weighted by molar-refractivity contribution is -0.117. The molecule has 0 saturated heterocycles. The number of fused-ring (bicyclic) bond motifs is 3. The van der Waals surface area contributed by atoms with Gasteiger partial charge in [-0.1, -0.05) is 35.9 Å². The lowest BCUT2D eigenvalue weighted by Gasteiger charge is -2.25. The summed E-state index contributed by atoms with van der Waals surface area (Å²) in [5.74, 6) is 0.168. The molecule has 2 unspecified atom stereocenters. The molecule has 3 aliphatic rings. The van der Waals surface area contributed by atoms with Gasteiger partial charge in [-0.05, 0) is 95.7 Å². The van der Waals surface area contributed by atoms with Gasteiger partial charge in [0.2, 0.25) is 5.91 Å². The number of anilines is 1. The second kappa shape index (κ2) is 7.90. The molecule has 166 valence electrons. The normalized spacial score (nSPS) is 20.6. The van der Waals surface area contributed by atoms with Gasteiger partial charge in [-0.2, -0.15) is 0 Å². The molecule has 2 atom stereocenters. The zero-order valence-corrected chi connectivity index (χ0v) is 20.2. The highest BCUT2D eigenvalue weighted by molar-refractivity contribution is 14.1. The molecule has 1 amide bonds. The molecule has 6 rings (SSSR count). The average Bonchev–Trinajstić information content (AvgIpc) is 3.32. The maximum atomic E-state index is 13.2. The molecule has 33 heavy (non-hydrogen) atoms. The maximum Gasteiger partial charge on any atom is 0.232 e. The summed E-state index contributed by atoms with van der Waals surface area (Å²) < 4.78 is 1.10. The number of allylic oxidation sites excluding steroid dienone is 1. The molecular weight excluding hydrogens is 525 g/mol. The van der Waals surface area contributed by atoms with E-state index in [1.165, 1.54) is 0 Å². The fourth-order valence-corrected chi connectivity index (χ4v) is 6.39. The quantitative estimate of drug-likeness (QED) is 0.276. The molecule has 0 aromatic heterocycles. The van der Waals surface area contributed by atoms with Crippen molar-refractivity contribution in [3.63, 3.8) is 0 Å². The first-order valence-corrected chi connectivity index (χ1v) is 12.5. The van der Waals surface area contributed by atoms with Crippen LogP contribution in [0.5, 0.6) is 11.5 Å². The number of rotatable bonds is 3. The van der Waals surface area contributed by atoms with E-state index < -0.39 is 0 Å². The summed E-state index contributed by atoms with van der Waals surface area (Å²) in [6, 6.07) is 16.0. The Morgan fingerprint density at radius 2 is 1.73 bits per heavy atom. The van der Waals surface area contributed by atoms with Crippen molar-refractivity contribution in [1.82, 2.24) is 0 Å². The van der Waals surface area contributed by atoms with E-state index in [9.17, 15) is 15.0 Å². The molecule has 0 saturated carbocycles. The summed E-state index contributed by atoms with van der Waals surface area (Å²) in [5.41, 5.74) is 7.77. The Balaban J connectivity index is 1.45. The Hall–Kier alpha value is -2.80. The van der Waals surface area contributed by atoms with Crippen molar-refractivity contribution >= 4 is 40.3 Å². The molecule has 0 radical (unpaired) electrons. The summed E-state index contributed by atoms with van der Waals surface area (Å²) in [5, 5.41) is 24.9. The smallest absolute Gasteiger partial charge is 0.232 e. The summed E-state index contributed by atoms with van der Waals surface area (Å²) in [7, 11) is 0. The Labute approximate surface area is 206 Å². The zero-order chi connectivity index (χ0) is 22.7. The Morgan fingerprint density at radius 3 is 2.58 bits per heavy atom. The minimum absolute atomic E-state index is 0.0112. The molecule has 1 heterocycles. The Morgan fingerprint density at radius 1 is 0.939 bits per heavy atom. The highest BCUT2D eigenvalue weighted by atomic mass is 127. The lowest BCUT2D eigenvalue weighted by atomic mass is 9.78. The van der Waals surface area contributed by atoms with Gasteiger partial charge in [0.25, 0.3) is 0 Å². The number of hydrogen-bond acceptors (Lipinski definition) is 3. The van der Waals surface area contributed by atoms with E-state index in [1.807, 2.05) is 24.3 Å². The Bertz CT molecular complexity index is 1340. The van der Waals surface area contributed by atoms with E-state index in [2.05, 4.69) is 52.2 Å². The molecule has 1 aliphatic heterocycles. The largest absolute Gasteiger partial charge is 0.508 e. The van der Waals surface area contributed by atoms with Crippen molar-refractivity contribution in [3.8, 4) is 11.5 Å². The number of carbonyl (C=O) groups is 1. The number of aromatic hydroxyl groups is 2. The van der Waals surface area contributed by atoms with Crippen LogP contribution in [0.2, 0.25) is 0 Å². The van der Waals surface area contributed by atoms with Gasteiger partial charge in [-0.15, -0.1) is 0 Å². The monoisotopic (exact) mass is 549 g/mol. The van der Waals surface area contributed by atoms with E-state index in [1.54, 1.807) is 6.07 Å². The lowest BCUT2D eigenvalue weighted by Crippen LogP contribution is -2.20. The van der Waals surface area contributed by atoms with Gasteiger partial charge >= 0.3 is 0 Å². The van der Waals surface area contributed by atoms with E-state index in [0.717, 1.165) is 73.9 Å². The van der Waals surface area contributed by atoms with Crippen molar-refractivity contribution in [3.05, 3.63) is 91.1 Å². The molecule has 3 aromatic rings. The van der Waals surface area contributed by atoms with Crippen molar-refractivity contribution in [1.29, 1.82) is 0 Å². The molecule has 0 fully saturated rings. The molecule has 3 N–H and O–H groups in total. The molecule has 0 spiro atoms. The Kier molecular flexibility index (Phi) is 4.98. The fraction of sp³-hybridized carbons (Fsp3) is 0.250. The number of nitrogens with one attached hydrogen (secondary N) is 1. The molecule has 5 heteroatoms. The number of hydrogen-bond donors (Lipinski definition) is 3. The summed E-state index contributed by atoms with van der Waals surface area (Å²) in [6.45, 7) is 0. The average molecular weight is 549 g/mol. The van der Waals surface area contributed by atoms with E-state index in [-0.39, 0.29) is 23.5 Å². The number of amides is 1. The number of phenols is 2. The highest BCUT2D eigenvalue weighted by Crippen LogP contribution is 2.51. The minimum atomic E-state index is -0.321. The molecule has 4 nitrogen and oxygen atoms in total. The third kappa shape index (κ3) is 3.36. The maximum absolute atomic E-state index is 13.2. The van der Waals surface area contributed by atoms with Gasteiger partial charge in [0.15, 0.2) is 0 Å². The topological polar surface area (TPSA) is 69.6 Å². The summed E-state index contributed by atoms with van der Waals surface area (Å²) >= 11 is 2.29. The predicted octanol–water partition coefficient (Wildman–Crippen LogP) is 6.04. The summed E-state index contributed by atoms with van der Waals surface area (Å²) in [6.07, 6.45) is 6.32. The minimum Gasteiger partial charge on any atom is -0.508 e. The van der Waals surface area contributed by atoms with Crippen LogP contribution in [-0.2, 0) is 24.1 Å². The number of phenolic OH excluding ortho intramolecular Hbond substituents is 2. The van der Waals surface area contributed by atoms with Gasteiger partial charge in [0, 0.05) is 31.9 Å². The van der Waals surface area contributed by atoms with Gasteiger partial charge < -0.3 is 15.5 Å². The second-order valence-electron chi connectivity index (χ2n) is 9.27. The van der Waals surface area contributed by atoms with Crippen LogP contribution in [0, 0.1) is 3.57 Å². The van der Waals surface area contributed by atoms with Crippen LogP contribution in [-0.4, -0.2) is 16.1 Å². The molecule has 3 aromatic carbocycles. The standard InChI is InChI=1S/C28H24INO3/c29-18-9-10-23-22(14-18)26(28(33)30-23)25-16(11-15-5-1-2-6-19(15)25)12-17-13-24(31)20-7-3-4-8-21(20)27(17)32/h1-2,5-6,9-11,13-14,25-26,31-32H,3-4,7-8,12H2,(H,30,33). The number of carbonyl (C=O) groups excluding carboxylic acids is 1. The zero-order valence-electron chi connectivity index (χ0n) is 18.1. The van der Waals surface area contributed by atoms with Crippen molar-refractivity contribution in [2.75, 3.05) is 5.32 Å². The van der Waals surface area contributed by atoms with Crippen LogP contribution >= 0.6 is 22.6 Å². The van der Waals surface area contributed by atoms with Crippen LogP contribution in [0.3, 0.4) is 0 Å². The molecule has 2 aliphatic carbocycles. The van der Waals surface area contributed by atoms with Crippen molar-refractivity contribution < 1.29 is 15.0 Å². The van der Waals surface area contributed by atoms with Gasteiger partial charge in [0.05, 0.1) is 5.92 Å². The van der Waals surface area contributed by atoms with Crippen LogP contribution in [0.15, 0.2) is 54.1 Å². The van der Waals surface area contributed by atoms with Gasteiger partial charge in [-0.3, -0.25) is 4.79 Å². The van der Waals surface area contributed by atoms with Gasteiger partial charge in [0.1, 0.15) is 11.5 Å². The molecule has 0 bridgehead atoms. The van der Waals surface area contributed by atoms with Crippen LogP contribution < -0.4 is 5.32 Å². The highest BCUT2D eigenvalue weighted by Gasteiger charge is 2.42. The van der Waals surface area contributed by atoms with Crippen molar-refractivity contribution in [2.45, 2.75) is 43.9 Å². The van der Waals surface area contributed by atoms with E-state index in [4.69, 9.17) is 0 Å². The van der Waals surface area contributed by atoms with Crippen LogP contribution in [0.25, 0.3) is 6.08 Å². The van der Waals surface area contributed by atoms with Crippen LogP contribution in [0.1, 0.15) is 58.1 Å². The first-order valence-electron chi connectivity index (χ1n) is 11.5. The third-order valence-corrected chi connectivity index (χ3v) is 8.04. The third-order valence-electron chi connectivity index (χ3n) is 7.37. The fourth-order valence-electron chi connectivity index (χ4n) is 5.88. The SMILES string of the molecule is O=C1Nc2ccc(I)cc2C1C1C(Cc2cc(O)c3c(c2O)CCCC3)=Cc2ccccc21. The van der Waals surface area contributed by atoms with Crippen LogP contribution in [0.4, 0.5) is 5.69 Å². The molecular formula is C28H24INO3. The first kappa shape index (κ1) is 20.8.